The number of carbonyl (C=O) groups is 1. The molecule has 2 aromatic heterocycles. The molecular formula is C14H19N3OS. The van der Waals surface area contributed by atoms with E-state index < -0.39 is 0 Å². The molecule has 1 aliphatic rings. The third-order valence-electron chi connectivity index (χ3n) is 3.94. The Labute approximate surface area is 116 Å². The van der Waals surface area contributed by atoms with Crippen molar-refractivity contribution in [2.45, 2.75) is 45.1 Å². The zero-order valence-corrected chi connectivity index (χ0v) is 12.2. The second kappa shape index (κ2) is 4.96. The first kappa shape index (κ1) is 12.7. The molecule has 1 amide bonds. The number of carbonyl (C=O) groups excluding carboxylic acids is 1. The molecule has 2 aromatic rings. The normalized spacial score (nSPS) is 16.9. The predicted molar refractivity (Wildman–Crippen MR) is 77.9 cm³/mol. The second-order valence-corrected chi connectivity index (χ2v) is 6.26. The fourth-order valence-corrected chi connectivity index (χ4v) is 4.06. The quantitative estimate of drug-likeness (QED) is 0.915. The van der Waals surface area contributed by atoms with Crippen molar-refractivity contribution in [1.29, 1.82) is 0 Å². The average Bonchev–Trinajstić information content (AvgIpc) is 3.00. The zero-order valence-electron chi connectivity index (χ0n) is 11.4. The summed E-state index contributed by atoms with van der Waals surface area (Å²) >= 11 is 1.56. The molecule has 1 saturated carbocycles. The van der Waals surface area contributed by atoms with Crippen LogP contribution in [0.4, 0.5) is 0 Å². The van der Waals surface area contributed by atoms with Crippen molar-refractivity contribution in [2.24, 2.45) is 0 Å². The Balaban J connectivity index is 2.04. The van der Waals surface area contributed by atoms with Crippen LogP contribution in [-0.4, -0.2) is 22.7 Å². The van der Waals surface area contributed by atoms with E-state index in [2.05, 4.69) is 10.00 Å². The third kappa shape index (κ3) is 2.16. The first-order chi connectivity index (χ1) is 9.20. The Morgan fingerprint density at radius 1 is 1.42 bits per heavy atom. The lowest BCUT2D eigenvalue weighted by Crippen LogP contribution is -2.16. The lowest BCUT2D eigenvalue weighted by atomic mass is 9.96. The summed E-state index contributed by atoms with van der Waals surface area (Å²) in [5.41, 5.74) is 1.03. The van der Waals surface area contributed by atoms with Gasteiger partial charge in [-0.1, -0.05) is 19.3 Å². The van der Waals surface area contributed by atoms with Gasteiger partial charge in [-0.05, 0) is 25.8 Å². The minimum Gasteiger partial charge on any atom is -0.354 e. The van der Waals surface area contributed by atoms with Gasteiger partial charge in [-0.25, -0.2) is 0 Å². The minimum absolute atomic E-state index is 0.00389. The molecule has 0 saturated heterocycles. The highest BCUT2D eigenvalue weighted by molar-refractivity contribution is 7.20. The van der Waals surface area contributed by atoms with Crippen LogP contribution in [0.15, 0.2) is 6.07 Å². The molecule has 1 aliphatic carbocycles. The molecule has 19 heavy (non-hydrogen) atoms. The van der Waals surface area contributed by atoms with Gasteiger partial charge in [-0.3, -0.25) is 9.48 Å². The number of hydrogen-bond acceptors (Lipinski definition) is 3. The summed E-state index contributed by atoms with van der Waals surface area (Å²) < 4.78 is 2.17. The number of hydrogen-bond donors (Lipinski definition) is 1. The van der Waals surface area contributed by atoms with Crippen molar-refractivity contribution >= 4 is 27.5 Å². The summed E-state index contributed by atoms with van der Waals surface area (Å²) in [6.07, 6.45) is 6.35. The number of aromatic nitrogens is 2. The Kier molecular flexibility index (Phi) is 3.31. The molecule has 0 aliphatic heterocycles. The van der Waals surface area contributed by atoms with Gasteiger partial charge in [0.25, 0.3) is 5.91 Å². The van der Waals surface area contributed by atoms with Gasteiger partial charge in [0.15, 0.2) is 0 Å². The van der Waals surface area contributed by atoms with Crippen LogP contribution in [0, 0.1) is 6.92 Å². The maximum atomic E-state index is 11.7. The van der Waals surface area contributed by atoms with Gasteiger partial charge in [-0.15, -0.1) is 11.3 Å². The van der Waals surface area contributed by atoms with Gasteiger partial charge < -0.3 is 5.32 Å². The molecule has 2 heterocycles. The maximum Gasteiger partial charge on any atom is 0.261 e. The molecule has 102 valence electrons. The molecule has 5 heteroatoms. The van der Waals surface area contributed by atoms with Crippen LogP contribution in [0.3, 0.4) is 0 Å². The van der Waals surface area contributed by atoms with Crippen molar-refractivity contribution in [3.8, 4) is 0 Å². The lowest BCUT2D eigenvalue weighted by Gasteiger charge is -2.22. The highest BCUT2D eigenvalue weighted by Crippen LogP contribution is 2.35. The fraction of sp³-hybridized carbons (Fsp3) is 0.571. The first-order valence-electron chi connectivity index (χ1n) is 6.91. The van der Waals surface area contributed by atoms with E-state index in [1.54, 1.807) is 18.4 Å². The number of nitrogens with one attached hydrogen (secondary N) is 1. The van der Waals surface area contributed by atoms with Gasteiger partial charge in [0.1, 0.15) is 4.83 Å². The smallest absolute Gasteiger partial charge is 0.261 e. The van der Waals surface area contributed by atoms with E-state index in [9.17, 15) is 4.79 Å². The summed E-state index contributed by atoms with van der Waals surface area (Å²) in [6.45, 7) is 2.03. The zero-order chi connectivity index (χ0) is 13.4. The average molecular weight is 277 g/mol. The van der Waals surface area contributed by atoms with Crippen LogP contribution < -0.4 is 5.32 Å². The lowest BCUT2D eigenvalue weighted by molar-refractivity contribution is 0.0967. The number of thiophene rings is 1. The molecule has 1 N–H and O–H groups in total. The highest BCUT2D eigenvalue weighted by Gasteiger charge is 2.22. The number of nitrogens with zero attached hydrogens (tertiary/aromatic N) is 2. The van der Waals surface area contributed by atoms with E-state index in [0.29, 0.717) is 6.04 Å². The van der Waals surface area contributed by atoms with E-state index in [4.69, 9.17) is 5.10 Å². The summed E-state index contributed by atoms with van der Waals surface area (Å²) in [7, 11) is 1.67. The molecule has 0 spiro atoms. The fourth-order valence-electron chi connectivity index (χ4n) is 2.88. The van der Waals surface area contributed by atoms with Gasteiger partial charge >= 0.3 is 0 Å². The third-order valence-corrected chi connectivity index (χ3v) is 5.06. The van der Waals surface area contributed by atoms with Crippen LogP contribution in [0.5, 0.6) is 0 Å². The topological polar surface area (TPSA) is 46.9 Å². The first-order valence-corrected chi connectivity index (χ1v) is 7.73. The van der Waals surface area contributed by atoms with Gasteiger partial charge in [0.05, 0.1) is 16.6 Å². The number of fused-ring (bicyclic) bond motifs is 1. The van der Waals surface area contributed by atoms with Crippen molar-refractivity contribution in [3.63, 3.8) is 0 Å². The summed E-state index contributed by atoms with van der Waals surface area (Å²) in [4.78, 5) is 13.7. The maximum absolute atomic E-state index is 11.7. The van der Waals surface area contributed by atoms with E-state index in [1.807, 2.05) is 13.0 Å². The van der Waals surface area contributed by atoms with Gasteiger partial charge in [-0.2, -0.15) is 5.10 Å². The molecule has 1 fully saturated rings. The van der Waals surface area contributed by atoms with Crippen molar-refractivity contribution < 1.29 is 4.79 Å². The summed E-state index contributed by atoms with van der Waals surface area (Å²) in [6, 6.07) is 2.49. The van der Waals surface area contributed by atoms with Crippen molar-refractivity contribution in [3.05, 3.63) is 16.6 Å². The molecule has 0 atom stereocenters. The van der Waals surface area contributed by atoms with Crippen LogP contribution in [0.2, 0.25) is 0 Å². The SMILES string of the molecule is CNC(=O)c1cc2c(C)nn(C3CCCCC3)c2s1. The van der Waals surface area contributed by atoms with Gasteiger partial charge in [0.2, 0.25) is 0 Å². The summed E-state index contributed by atoms with van der Waals surface area (Å²) in [5.74, 6) is -0.00389. The van der Waals surface area contributed by atoms with Crippen LogP contribution in [0.1, 0.15) is 53.5 Å². The molecule has 3 rings (SSSR count). The summed E-state index contributed by atoms with van der Waals surface area (Å²) in [5, 5.41) is 8.52. The monoisotopic (exact) mass is 277 g/mol. The molecule has 0 aromatic carbocycles. The molecule has 0 radical (unpaired) electrons. The van der Waals surface area contributed by atoms with Gasteiger partial charge in [0, 0.05) is 12.4 Å². The van der Waals surface area contributed by atoms with Crippen molar-refractivity contribution in [2.75, 3.05) is 7.05 Å². The second-order valence-electron chi connectivity index (χ2n) is 5.23. The molecular weight excluding hydrogens is 258 g/mol. The Morgan fingerprint density at radius 2 is 2.16 bits per heavy atom. The van der Waals surface area contributed by atoms with E-state index in [-0.39, 0.29) is 5.91 Å². The van der Waals surface area contributed by atoms with Crippen molar-refractivity contribution in [1.82, 2.24) is 15.1 Å². The Bertz CT molecular complexity index is 608. The van der Waals surface area contributed by atoms with E-state index >= 15 is 0 Å². The predicted octanol–water partition coefficient (Wildman–Crippen LogP) is 3.27. The molecule has 0 bridgehead atoms. The Hall–Kier alpha value is -1.36. The Morgan fingerprint density at radius 3 is 2.84 bits per heavy atom. The minimum atomic E-state index is -0.00389. The van der Waals surface area contributed by atoms with E-state index in [0.717, 1.165) is 20.8 Å². The number of rotatable bonds is 2. The molecule has 4 nitrogen and oxygen atoms in total. The highest BCUT2D eigenvalue weighted by atomic mass is 32.1. The number of amides is 1. The number of aryl methyl sites for hydroxylation is 1. The molecule has 0 unspecified atom stereocenters. The largest absolute Gasteiger partial charge is 0.354 e. The van der Waals surface area contributed by atoms with Crippen LogP contribution >= 0.6 is 11.3 Å². The van der Waals surface area contributed by atoms with Crippen LogP contribution in [0.25, 0.3) is 10.2 Å². The van der Waals surface area contributed by atoms with E-state index in [1.165, 1.54) is 32.1 Å². The van der Waals surface area contributed by atoms with Crippen LogP contribution in [-0.2, 0) is 0 Å². The standard InChI is InChI=1S/C14H19N3OS/c1-9-11-8-12(13(18)15-2)19-14(11)17(16-9)10-6-4-3-5-7-10/h8,10H,3-7H2,1-2H3,(H,15,18).